The minimum atomic E-state index is -0.0663. The predicted molar refractivity (Wildman–Crippen MR) is 118 cm³/mol. The fourth-order valence-electron chi connectivity index (χ4n) is 3.75. The van der Waals surface area contributed by atoms with Crippen LogP contribution in [0.1, 0.15) is 38.7 Å². The van der Waals surface area contributed by atoms with E-state index in [-0.39, 0.29) is 12.1 Å². The van der Waals surface area contributed by atoms with Crippen molar-refractivity contribution in [2.45, 2.75) is 45.7 Å². The van der Waals surface area contributed by atoms with E-state index in [4.69, 9.17) is 0 Å². The fourth-order valence-corrected chi connectivity index (χ4v) is 3.75. The topological polar surface area (TPSA) is 103 Å². The number of benzene rings is 1. The molecule has 1 aromatic carbocycles. The van der Waals surface area contributed by atoms with E-state index >= 15 is 0 Å². The third kappa shape index (κ3) is 4.51. The van der Waals surface area contributed by atoms with E-state index in [2.05, 4.69) is 66.8 Å². The summed E-state index contributed by atoms with van der Waals surface area (Å²) >= 11 is 0. The Hall–Kier alpha value is -3.46. The number of H-pyrrole nitrogens is 1. The standard InChI is InChI=1S/C22H26N8O/c1-3-5-21(31)30-15-24-20(29(30)12-4-2)13-16-6-8-17(9-7-16)18-10-11-23-14-19(18)22-25-27-28-26-22/h6-11,14-15,20H,3-5,12-13H2,1-2H3,(H,25,26,27,28). The quantitative estimate of drug-likeness (QED) is 0.603. The first-order chi connectivity index (χ1) is 15.2. The molecule has 1 amide bonds. The van der Waals surface area contributed by atoms with Gasteiger partial charge in [0, 0.05) is 37.3 Å². The van der Waals surface area contributed by atoms with Crippen LogP contribution in [0.15, 0.2) is 47.7 Å². The van der Waals surface area contributed by atoms with Gasteiger partial charge in [-0.2, -0.15) is 5.01 Å². The average molecular weight is 419 g/mol. The number of carbonyl (C=O) groups is 1. The fraction of sp³-hybridized carbons (Fsp3) is 0.364. The van der Waals surface area contributed by atoms with Crippen molar-refractivity contribution in [3.05, 3.63) is 48.3 Å². The van der Waals surface area contributed by atoms with E-state index in [9.17, 15) is 4.79 Å². The van der Waals surface area contributed by atoms with Crippen LogP contribution in [0, 0.1) is 0 Å². The lowest BCUT2D eigenvalue weighted by Crippen LogP contribution is -2.46. The number of nitrogens with zero attached hydrogens (tertiary/aromatic N) is 7. The molecule has 0 saturated heterocycles. The molecule has 4 rings (SSSR count). The summed E-state index contributed by atoms with van der Waals surface area (Å²) in [4.78, 5) is 21.3. The summed E-state index contributed by atoms with van der Waals surface area (Å²) in [5.74, 6) is 0.684. The maximum Gasteiger partial charge on any atom is 0.242 e. The first kappa shape index (κ1) is 20.8. The third-order valence-corrected chi connectivity index (χ3v) is 5.25. The van der Waals surface area contributed by atoms with Crippen molar-refractivity contribution >= 4 is 12.2 Å². The smallest absolute Gasteiger partial charge is 0.242 e. The first-order valence-corrected chi connectivity index (χ1v) is 10.6. The summed E-state index contributed by atoms with van der Waals surface area (Å²) in [6.07, 6.45) is 8.18. The van der Waals surface area contributed by atoms with Crippen LogP contribution in [-0.4, -0.2) is 60.6 Å². The number of aliphatic imine (C=N–C) groups is 1. The number of pyridine rings is 1. The van der Waals surface area contributed by atoms with E-state index in [1.807, 2.05) is 13.0 Å². The van der Waals surface area contributed by atoms with Gasteiger partial charge in [0.1, 0.15) is 12.5 Å². The maximum absolute atomic E-state index is 12.4. The van der Waals surface area contributed by atoms with Crippen LogP contribution in [0.25, 0.3) is 22.5 Å². The molecule has 0 spiro atoms. The number of tetrazole rings is 1. The van der Waals surface area contributed by atoms with Crippen LogP contribution in [0.2, 0.25) is 0 Å². The van der Waals surface area contributed by atoms with E-state index in [1.54, 1.807) is 23.7 Å². The van der Waals surface area contributed by atoms with Crippen molar-refractivity contribution in [3.8, 4) is 22.5 Å². The molecule has 0 saturated carbocycles. The Morgan fingerprint density at radius 1 is 1.10 bits per heavy atom. The molecule has 31 heavy (non-hydrogen) atoms. The molecule has 1 unspecified atom stereocenters. The Morgan fingerprint density at radius 2 is 1.94 bits per heavy atom. The summed E-state index contributed by atoms with van der Waals surface area (Å²) in [5.41, 5.74) is 4.06. The molecule has 0 fully saturated rings. The SMILES string of the molecule is CCCC(=O)N1C=NC(Cc2ccc(-c3ccncc3-c3nnn[nH]3)cc2)N1CCC. The average Bonchev–Trinajstić information content (AvgIpc) is 3.46. The van der Waals surface area contributed by atoms with Gasteiger partial charge < -0.3 is 0 Å². The number of rotatable bonds is 8. The number of aromatic amines is 1. The first-order valence-electron chi connectivity index (χ1n) is 10.6. The highest BCUT2D eigenvalue weighted by Crippen LogP contribution is 2.29. The molecule has 160 valence electrons. The highest BCUT2D eigenvalue weighted by atomic mass is 16.2. The van der Waals surface area contributed by atoms with Crippen LogP contribution in [0.5, 0.6) is 0 Å². The van der Waals surface area contributed by atoms with Crippen LogP contribution in [0.3, 0.4) is 0 Å². The van der Waals surface area contributed by atoms with E-state index in [0.717, 1.165) is 48.1 Å². The van der Waals surface area contributed by atoms with Gasteiger partial charge in [0.15, 0.2) is 5.82 Å². The van der Waals surface area contributed by atoms with Crippen LogP contribution in [-0.2, 0) is 11.2 Å². The van der Waals surface area contributed by atoms with Gasteiger partial charge in [-0.15, -0.1) is 5.10 Å². The molecule has 1 atom stereocenters. The molecule has 1 N–H and O–H groups in total. The molecule has 1 aliphatic rings. The largest absolute Gasteiger partial charge is 0.273 e. The molecule has 2 aromatic heterocycles. The Balaban J connectivity index is 1.51. The predicted octanol–water partition coefficient (Wildman–Crippen LogP) is 3.09. The van der Waals surface area contributed by atoms with Gasteiger partial charge in [0.2, 0.25) is 5.91 Å². The van der Waals surface area contributed by atoms with Crippen molar-refractivity contribution in [1.82, 2.24) is 35.6 Å². The summed E-state index contributed by atoms with van der Waals surface area (Å²) < 4.78 is 0. The monoisotopic (exact) mass is 418 g/mol. The number of carbonyl (C=O) groups excluding carboxylic acids is 1. The van der Waals surface area contributed by atoms with E-state index in [0.29, 0.717) is 12.2 Å². The molecule has 3 aromatic rings. The van der Waals surface area contributed by atoms with Gasteiger partial charge >= 0.3 is 0 Å². The van der Waals surface area contributed by atoms with Crippen molar-refractivity contribution in [3.63, 3.8) is 0 Å². The molecule has 0 aliphatic carbocycles. The molecular weight excluding hydrogens is 392 g/mol. The molecule has 0 radical (unpaired) electrons. The number of nitrogens with one attached hydrogen (secondary N) is 1. The summed E-state index contributed by atoms with van der Waals surface area (Å²) in [5, 5.41) is 17.9. The minimum absolute atomic E-state index is 0.0663. The van der Waals surface area contributed by atoms with Crippen LogP contribution >= 0.6 is 0 Å². The minimum Gasteiger partial charge on any atom is -0.273 e. The Morgan fingerprint density at radius 3 is 2.65 bits per heavy atom. The molecule has 9 nitrogen and oxygen atoms in total. The lowest BCUT2D eigenvalue weighted by molar-refractivity contribution is -0.139. The second-order valence-electron chi connectivity index (χ2n) is 7.47. The zero-order chi connectivity index (χ0) is 21.6. The number of hydrogen-bond donors (Lipinski definition) is 1. The Kier molecular flexibility index (Phi) is 6.42. The second kappa shape index (κ2) is 9.57. The van der Waals surface area contributed by atoms with Crippen molar-refractivity contribution in [2.75, 3.05) is 6.54 Å². The van der Waals surface area contributed by atoms with Gasteiger partial charge in [0.25, 0.3) is 0 Å². The zero-order valence-corrected chi connectivity index (χ0v) is 17.8. The maximum atomic E-state index is 12.4. The summed E-state index contributed by atoms with van der Waals surface area (Å²) in [7, 11) is 0. The highest BCUT2D eigenvalue weighted by Gasteiger charge is 2.30. The van der Waals surface area contributed by atoms with Gasteiger partial charge in [-0.1, -0.05) is 38.1 Å². The number of amides is 1. The Labute approximate surface area is 181 Å². The third-order valence-electron chi connectivity index (χ3n) is 5.25. The number of hydrogen-bond acceptors (Lipinski definition) is 7. The van der Waals surface area contributed by atoms with E-state index in [1.165, 1.54) is 0 Å². The second-order valence-corrected chi connectivity index (χ2v) is 7.47. The van der Waals surface area contributed by atoms with Crippen molar-refractivity contribution in [2.24, 2.45) is 4.99 Å². The highest BCUT2D eigenvalue weighted by molar-refractivity contribution is 5.88. The van der Waals surface area contributed by atoms with E-state index < -0.39 is 0 Å². The molecule has 1 aliphatic heterocycles. The van der Waals surface area contributed by atoms with Crippen LogP contribution < -0.4 is 0 Å². The summed E-state index contributed by atoms with van der Waals surface area (Å²) in [6.45, 7) is 4.92. The van der Waals surface area contributed by atoms with Gasteiger partial charge in [-0.25, -0.2) is 10.1 Å². The van der Waals surface area contributed by atoms with Gasteiger partial charge in [0.05, 0.1) is 0 Å². The van der Waals surface area contributed by atoms with Crippen LogP contribution in [0.4, 0.5) is 0 Å². The lowest BCUT2D eigenvalue weighted by atomic mass is 9.99. The normalized spacial score (nSPS) is 16.2. The Bertz CT molecular complexity index is 1030. The number of aromatic nitrogens is 5. The van der Waals surface area contributed by atoms with Gasteiger partial charge in [-0.05, 0) is 46.0 Å². The molecular formula is C22H26N8O. The molecule has 3 heterocycles. The molecule has 0 bridgehead atoms. The molecule has 9 heteroatoms. The summed E-state index contributed by atoms with van der Waals surface area (Å²) in [6, 6.07) is 10.3. The van der Waals surface area contributed by atoms with Gasteiger partial charge in [-0.3, -0.25) is 14.8 Å². The van der Waals surface area contributed by atoms with Crippen molar-refractivity contribution < 1.29 is 4.79 Å². The zero-order valence-electron chi connectivity index (χ0n) is 17.8. The lowest BCUT2D eigenvalue weighted by Gasteiger charge is -2.30. The van der Waals surface area contributed by atoms with Crippen molar-refractivity contribution in [1.29, 1.82) is 0 Å². The number of hydrazine groups is 1.